The van der Waals surface area contributed by atoms with Gasteiger partial charge in [-0.05, 0) is 18.8 Å². The van der Waals surface area contributed by atoms with Crippen LogP contribution in [0.25, 0.3) is 0 Å². The van der Waals surface area contributed by atoms with E-state index < -0.39 is 0 Å². The second-order valence-corrected chi connectivity index (χ2v) is 5.75. The summed E-state index contributed by atoms with van der Waals surface area (Å²) in [6, 6.07) is 0. The van der Waals surface area contributed by atoms with Crippen molar-refractivity contribution >= 4 is 5.91 Å². The maximum atomic E-state index is 12.1. The summed E-state index contributed by atoms with van der Waals surface area (Å²) in [5, 5.41) is 6.44. The highest BCUT2D eigenvalue weighted by Crippen LogP contribution is 2.13. The lowest BCUT2D eigenvalue weighted by atomic mass is 10.00. The average molecular weight is 269 g/mol. The van der Waals surface area contributed by atoms with Crippen molar-refractivity contribution in [1.29, 1.82) is 0 Å². The van der Waals surface area contributed by atoms with Gasteiger partial charge in [0.1, 0.15) is 0 Å². The minimum atomic E-state index is 0.0814. The number of hydrogen-bond donors (Lipinski definition) is 2. The van der Waals surface area contributed by atoms with Gasteiger partial charge in [-0.1, -0.05) is 6.92 Å². The number of rotatable bonds is 5. The van der Waals surface area contributed by atoms with Crippen LogP contribution in [0.2, 0.25) is 0 Å². The minimum Gasteiger partial charge on any atom is -0.381 e. The summed E-state index contributed by atoms with van der Waals surface area (Å²) in [7, 11) is 0. The normalized spacial score (nSPS) is 24.1. The molecule has 5 heteroatoms. The Balaban J connectivity index is 1.63. The number of amides is 1. The summed E-state index contributed by atoms with van der Waals surface area (Å²) in [6.07, 6.45) is 2.15. The zero-order valence-electron chi connectivity index (χ0n) is 12.0. The molecule has 1 unspecified atom stereocenters. The quantitative estimate of drug-likeness (QED) is 0.742. The highest BCUT2D eigenvalue weighted by atomic mass is 16.5. The molecule has 0 radical (unpaired) electrons. The summed E-state index contributed by atoms with van der Waals surface area (Å²) >= 11 is 0. The fourth-order valence-corrected chi connectivity index (χ4v) is 2.73. The number of piperazine rings is 1. The first kappa shape index (κ1) is 14.8. The molecule has 2 aliphatic heterocycles. The van der Waals surface area contributed by atoms with Crippen LogP contribution in [0, 0.1) is 11.8 Å². The zero-order valence-corrected chi connectivity index (χ0v) is 12.0. The van der Waals surface area contributed by atoms with Crippen molar-refractivity contribution in [2.45, 2.75) is 19.8 Å². The van der Waals surface area contributed by atoms with Gasteiger partial charge in [0.25, 0.3) is 0 Å². The van der Waals surface area contributed by atoms with Crippen molar-refractivity contribution in [2.75, 3.05) is 52.5 Å². The van der Waals surface area contributed by atoms with E-state index in [1.807, 2.05) is 6.92 Å². The monoisotopic (exact) mass is 269 g/mol. The molecule has 2 N–H and O–H groups in total. The lowest BCUT2D eigenvalue weighted by molar-refractivity contribution is -0.125. The Hall–Kier alpha value is -0.650. The molecule has 0 spiro atoms. The van der Waals surface area contributed by atoms with E-state index in [-0.39, 0.29) is 11.8 Å². The van der Waals surface area contributed by atoms with Crippen LogP contribution in [-0.4, -0.2) is 63.3 Å². The average Bonchev–Trinajstić information content (AvgIpc) is 2.47. The van der Waals surface area contributed by atoms with Crippen LogP contribution in [0.15, 0.2) is 0 Å². The molecule has 2 heterocycles. The SMILES string of the molecule is CC(CN1CCNCC1)C(=O)NCC1CCOCC1. The molecule has 110 valence electrons. The summed E-state index contributed by atoms with van der Waals surface area (Å²) in [4.78, 5) is 14.4. The van der Waals surface area contributed by atoms with E-state index in [1.165, 1.54) is 0 Å². The Morgan fingerprint density at radius 1 is 1.37 bits per heavy atom. The van der Waals surface area contributed by atoms with Crippen molar-refractivity contribution < 1.29 is 9.53 Å². The molecule has 2 rings (SSSR count). The van der Waals surface area contributed by atoms with Gasteiger partial charge >= 0.3 is 0 Å². The van der Waals surface area contributed by atoms with Crippen LogP contribution in [0.4, 0.5) is 0 Å². The van der Waals surface area contributed by atoms with Crippen LogP contribution in [0.5, 0.6) is 0 Å². The molecule has 5 nitrogen and oxygen atoms in total. The third-order valence-electron chi connectivity index (χ3n) is 4.10. The van der Waals surface area contributed by atoms with E-state index in [1.54, 1.807) is 0 Å². The first-order valence-corrected chi connectivity index (χ1v) is 7.54. The largest absolute Gasteiger partial charge is 0.381 e. The maximum Gasteiger partial charge on any atom is 0.224 e. The molecular weight excluding hydrogens is 242 g/mol. The molecular formula is C14H27N3O2. The summed E-state index contributed by atoms with van der Waals surface area (Å²) < 4.78 is 5.33. The molecule has 2 saturated heterocycles. The lowest BCUT2D eigenvalue weighted by Crippen LogP contribution is -2.47. The van der Waals surface area contributed by atoms with Gasteiger partial charge in [0.2, 0.25) is 5.91 Å². The van der Waals surface area contributed by atoms with E-state index in [0.717, 1.165) is 65.3 Å². The molecule has 0 aromatic rings. The van der Waals surface area contributed by atoms with E-state index in [9.17, 15) is 4.79 Å². The Bertz CT molecular complexity index is 274. The van der Waals surface area contributed by atoms with Crippen LogP contribution in [0.1, 0.15) is 19.8 Å². The zero-order chi connectivity index (χ0) is 13.5. The van der Waals surface area contributed by atoms with Gasteiger partial charge in [-0.15, -0.1) is 0 Å². The first-order valence-electron chi connectivity index (χ1n) is 7.54. The van der Waals surface area contributed by atoms with Gasteiger partial charge < -0.3 is 20.3 Å². The van der Waals surface area contributed by atoms with Crippen LogP contribution in [-0.2, 0) is 9.53 Å². The summed E-state index contributed by atoms with van der Waals surface area (Å²) in [5.74, 6) is 0.882. The fourth-order valence-electron chi connectivity index (χ4n) is 2.73. The highest BCUT2D eigenvalue weighted by Gasteiger charge is 2.20. The Kier molecular flexibility index (Phi) is 6.07. The van der Waals surface area contributed by atoms with E-state index in [2.05, 4.69) is 15.5 Å². The number of ether oxygens (including phenoxy) is 1. The second kappa shape index (κ2) is 7.82. The Morgan fingerprint density at radius 2 is 2.05 bits per heavy atom. The molecule has 1 atom stereocenters. The number of carbonyl (C=O) groups is 1. The van der Waals surface area contributed by atoms with Crippen molar-refractivity contribution in [3.63, 3.8) is 0 Å². The van der Waals surface area contributed by atoms with Crippen molar-refractivity contribution in [2.24, 2.45) is 11.8 Å². The number of nitrogens with one attached hydrogen (secondary N) is 2. The lowest BCUT2D eigenvalue weighted by Gasteiger charge is -2.29. The van der Waals surface area contributed by atoms with Crippen LogP contribution >= 0.6 is 0 Å². The van der Waals surface area contributed by atoms with Crippen LogP contribution in [0.3, 0.4) is 0 Å². The topological polar surface area (TPSA) is 53.6 Å². The highest BCUT2D eigenvalue weighted by molar-refractivity contribution is 5.78. The Labute approximate surface area is 116 Å². The summed E-state index contributed by atoms with van der Waals surface area (Å²) in [5.41, 5.74) is 0. The Morgan fingerprint density at radius 3 is 2.74 bits per heavy atom. The van der Waals surface area contributed by atoms with Crippen molar-refractivity contribution in [3.8, 4) is 0 Å². The molecule has 0 bridgehead atoms. The molecule has 0 saturated carbocycles. The van der Waals surface area contributed by atoms with E-state index in [0.29, 0.717) is 5.92 Å². The van der Waals surface area contributed by atoms with Gasteiger partial charge in [0, 0.05) is 58.4 Å². The van der Waals surface area contributed by atoms with Gasteiger partial charge in [0.05, 0.1) is 0 Å². The molecule has 0 aliphatic carbocycles. The number of carbonyl (C=O) groups excluding carboxylic acids is 1. The molecule has 1 amide bonds. The number of hydrogen-bond acceptors (Lipinski definition) is 4. The predicted molar refractivity (Wildman–Crippen MR) is 75.0 cm³/mol. The molecule has 2 aliphatic rings. The maximum absolute atomic E-state index is 12.1. The van der Waals surface area contributed by atoms with Crippen LogP contribution < -0.4 is 10.6 Å². The third kappa shape index (κ3) is 5.09. The molecule has 19 heavy (non-hydrogen) atoms. The second-order valence-electron chi connectivity index (χ2n) is 5.75. The summed E-state index contributed by atoms with van der Waals surface area (Å²) in [6.45, 7) is 9.59. The van der Waals surface area contributed by atoms with E-state index in [4.69, 9.17) is 4.74 Å². The standard InChI is InChI=1S/C14H27N3O2/c1-12(11-17-6-4-15-5-7-17)14(18)16-10-13-2-8-19-9-3-13/h12-13,15H,2-11H2,1H3,(H,16,18). The first-order chi connectivity index (χ1) is 9.25. The van der Waals surface area contributed by atoms with Gasteiger partial charge in [0.15, 0.2) is 0 Å². The number of nitrogens with zero attached hydrogens (tertiary/aromatic N) is 1. The smallest absolute Gasteiger partial charge is 0.224 e. The van der Waals surface area contributed by atoms with Gasteiger partial charge in [-0.25, -0.2) is 0 Å². The van der Waals surface area contributed by atoms with E-state index >= 15 is 0 Å². The van der Waals surface area contributed by atoms with Gasteiger partial charge in [-0.2, -0.15) is 0 Å². The minimum absolute atomic E-state index is 0.0814. The predicted octanol–water partition coefficient (Wildman–Crippen LogP) is 0.0705. The third-order valence-corrected chi connectivity index (χ3v) is 4.10. The molecule has 0 aromatic carbocycles. The van der Waals surface area contributed by atoms with Crippen molar-refractivity contribution in [3.05, 3.63) is 0 Å². The van der Waals surface area contributed by atoms with Crippen molar-refractivity contribution in [1.82, 2.24) is 15.5 Å². The molecule has 0 aromatic heterocycles. The fraction of sp³-hybridized carbons (Fsp3) is 0.929. The van der Waals surface area contributed by atoms with Gasteiger partial charge in [-0.3, -0.25) is 4.79 Å². The molecule has 2 fully saturated rings.